The second kappa shape index (κ2) is 12.0. The summed E-state index contributed by atoms with van der Waals surface area (Å²) in [5, 5.41) is 7.54. The summed E-state index contributed by atoms with van der Waals surface area (Å²) in [6.07, 6.45) is 11.3. The number of aromatic nitrogens is 2. The molecule has 0 unspecified atom stereocenters. The zero-order valence-electron chi connectivity index (χ0n) is 22.7. The van der Waals surface area contributed by atoms with E-state index in [0.29, 0.717) is 22.9 Å². The van der Waals surface area contributed by atoms with Crippen molar-refractivity contribution in [2.75, 3.05) is 47.8 Å². The first kappa shape index (κ1) is 26.2. The Morgan fingerprint density at radius 1 is 0.892 bits per heavy atom. The minimum Gasteiger partial charge on any atom is -0.361 e. The Labute approximate surface area is 228 Å². The van der Waals surface area contributed by atoms with E-state index in [9.17, 15) is 0 Å². The average Bonchev–Trinajstić information content (AvgIpc) is 3.22. The summed E-state index contributed by atoms with van der Waals surface area (Å²) in [5.74, 6) is 4.00. The van der Waals surface area contributed by atoms with Crippen LogP contribution in [0.4, 0.5) is 17.6 Å². The molecule has 0 radical (unpaired) electrons. The van der Waals surface area contributed by atoms with E-state index >= 15 is 0 Å². The third-order valence-corrected chi connectivity index (χ3v) is 8.83. The molecule has 37 heavy (non-hydrogen) atoms. The predicted octanol–water partition coefficient (Wildman–Crippen LogP) is 6.14. The lowest BCUT2D eigenvalue weighted by molar-refractivity contribution is 0.355. The van der Waals surface area contributed by atoms with Crippen molar-refractivity contribution in [3.05, 3.63) is 42.0 Å². The van der Waals surface area contributed by atoms with Crippen LogP contribution in [-0.2, 0) is 5.41 Å². The van der Waals surface area contributed by atoms with Gasteiger partial charge < -0.3 is 20.4 Å². The second-order valence-electron chi connectivity index (χ2n) is 11.8. The van der Waals surface area contributed by atoms with Gasteiger partial charge in [0.1, 0.15) is 11.6 Å². The van der Waals surface area contributed by atoms with Crippen molar-refractivity contribution in [3.63, 3.8) is 0 Å². The monoisotopic (exact) mass is 520 g/mol. The molecule has 2 N–H and O–H groups in total. The summed E-state index contributed by atoms with van der Waals surface area (Å²) < 4.78 is 0. The van der Waals surface area contributed by atoms with Crippen molar-refractivity contribution in [3.8, 4) is 0 Å². The molecule has 5 rings (SSSR count). The summed E-state index contributed by atoms with van der Waals surface area (Å²) in [4.78, 5) is 14.9. The third-order valence-electron chi connectivity index (χ3n) is 8.58. The number of anilines is 3. The lowest BCUT2D eigenvalue weighted by Gasteiger charge is -2.36. The smallest absolute Gasteiger partial charge is 0.232 e. The van der Waals surface area contributed by atoms with E-state index in [0.717, 1.165) is 44.4 Å². The topological polar surface area (TPSA) is 56.3 Å². The Balaban J connectivity index is 1.33. The molecular formula is C30H44N6S. The van der Waals surface area contributed by atoms with E-state index in [2.05, 4.69) is 70.7 Å². The summed E-state index contributed by atoms with van der Waals surface area (Å²) in [6, 6.07) is 13.1. The Bertz CT molecular complexity index is 1020. The van der Waals surface area contributed by atoms with Crippen LogP contribution in [0.25, 0.3) is 0 Å². The van der Waals surface area contributed by atoms with Gasteiger partial charge in [0.05, 0.1) is 0 Å². The van der Waals surface area contributed by atoms with Gasteiger partial charge in [0, 0.05) is 44.2 Å². The molecule has 2 aliphatic heterocycles. The zero-order chi connectivity index (χ0) is 25.7. The molecule has 1 saturated carbocycles. The van der Waals surface area contributed by atoms with Crippen LogP contribution in [-0.4, -0.2) is 47.8 Å². The van der Waals surface area contributed by atoms with Gasteiger partial charge >= 0.3 is 0 Å². The van der Waals surface area contributed by atoms with Gasteiger partial charge in [0.15, 0.2) is 5.11 Å². The molecule has 2 atom stereocenters. The molecule has 0 bridgehead atoms. The van der Waals surface area contributed by atoms with E-state index in [1.807, 2.05) is 0 Å². The fourth-order valence-electron chi connectivity index (χ4n) is 6.76. The summed E-state index contributed by atoms with van der Waals surface area (Å²) >= 11 is 5.80. The molecule has 1 aliphatic carbocycles. The predicted molar refractivity (Wildman–Crippen MR) is 159 cm³/mol. The van der Waals surface area contributed by atoms with Crippen molar-refractivity contribution in [2.45, 2.75) is 77.0 Å². The largest absolute Gasteiger partial charge is 0.361 e. The average molecular weight is 521 g/mol. The van der Waals surface area contributed by atoms with E-state index in [-0.39, 0.29) is 5.41 Å². The van der Waals surface area contributed by atoms with Crippen LogP contribution in [0.5, 0.6) is 0 Å². The van der Waals surface area contributed by atoms with Crippen LogP contribution in [0.2, 0.25) is 0 Å². The minimum atomic E-state index is 0.146. The van der Waals surface area contributed by atoms with E-state index in [4.69, 9.17) is 22.2 Å². The maximum atomic E-state index is 5.80. The Kier molecular flexibility index (Phi) is 8.48. The fraction of sp³-hybridized carbons (Fsp3) is 0.633. The Hall–Kier alpha value is -2.41. The molecule has 3 heterocycles. The SMILES string of the molecule is C[C@H]1C[C@H](C)CN(c2cc(N3CCCCCC3)nc(NC(=S)NCC3(c4ccccc4)CCCC3)n2)C1. The number of piperidine rings is 1. The van der Waals surface area contributed by atoms with Crippen molar-refractivity contribution in [1.29, 1.82) is 0 Å². The first-order chi connectivity index (χ1) is 18.0. The molecule has 6 nitrogen and oxygen atoms in total. The molecule has 0 amide bonds. The van der Waals surface area contributed by atoms with E-state index in [1.54, 1.807) is 0 Å². The number of hydrogen-bond donors (Lipinski definition) is 2. The highest BCUT2D eigenvalue weighted by molar-refractivity contribution is 7.80. The second-order valence-corrected chi connectivity index (χ2v) is 12.2. The quantitative estimate of drug-likeness (QED) is 0.444. The number of nitrogens with one attached hydrogen (secondary N) is 2. The molecule has 1 aromatic carbocycles. The number of hydrogen-bond acceptors (Lipinski definition) is 5. The summed E-state index contributed by atoms with van der Waals surface area (Å²) in [5.41, 5.74) is 1.56. The highest BCUT2D eigenvalue weighted by Gasteiger charge is 2.35. The summed E-state index contributed by atoms with van der Waals surface area (Å²) in [7, 11) is 0. The lowest BCUT2D eigenvalue weighted by atomic mass is 9.79. The Morgan fingerprint density at radius 2 is 1.51 bits per heavy atom. The number of nitrogens with zero attached hydrogens (tertiary/aromatic N) is 4. The van der Waals surface area contributed by atoms with Gasteiger partial charge in [0.2, 0.25) is 5.95 Å². The molecule has 2 saturated heterocycles. The zero-order valence-corrected chi connectivity index (χ0v) is 23.5. The molecule has 0 spiro atoms. The van der Waals surface area contributed by atoms with Gasteiger partial charge in [-0.15, -0.1) is 0 Å². The molecule has 2 aromatic rings. The van der Waals surface area contributed by atoms with E-state index in [1.165, 1.54) is 63.4 Å². The lowest BCUT2D eigenvalue weighted by Crippen LogP contribution is -2.41. The van der Waals surface area contributed by atoms with Crippen LogP contribution in [0, 0.1) is 11.8 Å². The maximum Gasteiger partial charge on any atom is 0.232 e. The number of thiocarbonyl (C=S) groups is 1. The standard InChI is InChI=1S/C30H44N6S/c1-23-18-24(2)21-36(20-23)27-19-26(35-16-10-3-4-11-17-35)32-28(33-27)34-29(37)31-22-30(14-8-9-15-30)25-12-6-5-7-13-25/h5-7,12-13,19,23-24H,3-4,8-11,14-18,20-22H2,1-2H3,(H2,31,32,33,34,37)/t23-,24-/m0/s1. The van der Waals surface area contributed by atoms with Crippen LogP contribution in [0.15, 0.2) is 36.4 Å². The highest BCUT2D eigenvalue weighted by atomic mass is 32.1. The van der Waals surface area contributed by atoms with Gasteiger partial charge in [0.25, 0.3) is 0 Å². The molecule has 3 aliphatic rings. The van der Waals surface area contributed by atoms with Crippen molar-refractivity contribution in [2.24, 2.45) is 11.8 Å². The third kappa shape index (κ3) is 6.54. The van der Waals surface area contributed by atoms with Crippen LogP contribution < -0.4 is 20.4 Å². The van der Waals surface area contributed by atoms with Crippen LogP contribution in [0.3, 0.4) is 0 Å². The fourth-order valence-corrected chi connectivity index (χ4v) is 6.92. The molecular weight excluding hydrogens is 476 g/mol. The van der Waals surface area contributed by atoms with Gasteiger partial charge in [-0.1, -0.05) is 69.9 Å². The van der Waals surface area contributed by atoms with Crippen molar-refractivity contribution < 1.29 is 0 Å². The highest BCUT2D eigenvalue weighted by Crippen LogP contribution is 2.40. The summed E-state index contributed by atoms with van der Waals surface area (Å²) in [6.45, 7) is 9.75. The van der Waals surface area contributed by atoms with E-state index < -0.39 is 0 Å². The molecule has 200 valence electrons. The van der Waals surface area contributed by atoms with Crippen LogP contribution in [0.1, 0.15) is 77.2 Å². The molecule has 7 heteroatoms. The van der Waals surface area contributed by atoms with Crippen LogP contribution >= 0.6 is 12.2 Å². The normalized spacial score (nSPS) is 23.9. The van der Waals surface area contributed by atoms with Gasteiger partial charge in [-0.05, 0) is 61.7 Å². The number of rotatable bonds is 6. The van der Waals surface area contributed by atoms with Gasteiger partial charge in [-0.2, -0.15) is 9.97 Å². The first-order valence-corrected chi connectivity index (χ1v) is 14.9. The molecule has 1 aromatic heterocycles. The van der Waals surface area contributed by atoms with Gasteiger partial charge in [-0.3, -0.25) is 0 Å². The number of benzene rings is 1. The van der Waals surface area contributed by atoms with Crippen molar-refractivity contribution in [1.82, 2.24) is 15.3 Å². The first-order valence-electron chi connectivity index (χ1n) is 14.5. The minimum absolute atomic E-state index is 0.146. The van der Waals surface area contributed by atoms with Gasteiger partial charge in [-0.25, -0.2) is 0 Å². The Morgan fingerprint density at radius 3 is 2.16 bits per heavy atom. The maximum absolute atomic E-state index is 5.80. The molecule has 3 fully saturated rings. The van der Waals surface area contributed by atoms with Crippen molar-refractivity contribution >= 4 is 34.9 Å².